The molecular formula is C5H11Cr-. The summed E-state index contributed by atoms with van der Waals surface area (Å²) in [5.74, 6) is 0. The zero-order valence-corrected chi connectivity index (χ0v) is 5.89. The number of hydrogen-bond donors (Lipinski definition) is 0. The van der Waals surface area contributed by atoms with Crippen LogP contribution in [0.1, 0.15) is 20.8 Å². The van der Waals surface area contributed by atoms with Crippen molar-refractivity contribution in [2.24, 2.45) is 5.41 Å². The molecule has 0 bridgehead atoms. The zero-order chi connectivity index (χ0) is 4.50. The Hall–Kier alpha value is 0.532. The average molecular weight is 123 g/mol. The molecule has 0 heterocycles. The van der Waals surface area contributed by atoms with Crippen LogP contribution in [0.15, 0.2) is 0 Å². The van der Waals surface area contributed by atoms with Crippen LogP contribution in [0.4, 0.5) is 0 Å². The molecule has 0 atom stereocenters. The summed E-state index contributed by atoms with van der Waals surface area (Å²) >= 11 is 0. The summed E-state index contributed by atoms with van der Waals surface area (Å²) in [6.07, 6.45) is 0. The third-order valence-corrected chi connectivity index (χ3v) is 0. The van der Waals surface area contributed by atoms with Crippen molar-refractivity contribution in [1.82, 2.24) is 0 Å². The molecule has 0 N–H and O–H groups in total. The first-order valence-electron chi connectivity index (χ1n) is 1.85. The minimum Gasteiger partial charge on any atom is -0.338 e. The zero-order valence-electron chi connectivity index (χ0n) is 4.62. The molecule has 0 rings (SSSR count). The monoisotopic (exact) mass is 123 g/mol. The third kappa shape index (κ3) is 199. The van der Waals surface area contributed by atoms with Gasteiger partial charge in [0.2, 0.25) is 0 Å². The van der Waals surface area contributed by atoms with E-state index in [1.165, 1.54) is 0 Å². The van der Waals surface area contributed by atoms with Crippen LogP contribution >= 0.6 is 0 Å². The van der Waals surface area contributed by atoms with E-state index in [4.69, 9.17) is 0 Å². The molecule has 0 saturated carbocycles. The predicted octanol–water partition coefficient (Wildman–Crippen LogP) is 1.86. The van der Waals surface area contributed by atoms with Gasteiger partial charge in [0.15, 0.2) is 0 Å². The fourth-order valence-corrected chi connectivity index (χ4v) is 0. The normalized spacial score (nSPS) is 10.0. The van der Waals surface area contributed by atoms with Gasteiger partial charge >= 0.3 is 0 Å². The van der Waals surface area contributed by atoms with Gasteiger partial charge in [0.05, 0.1) is 0 Å². The van der Waals surface area contributed by atoms with Gasteiger partial charge in [-0.05, 0) is 0 Å². The Bertz CT molecular complexity index is 19.4. The van der Waals surface area contributed by atoms with E-state index in [1.807, 2.05) is 0 Å². The molecule has 0 aliphatic carbocycles. The smallest absolute Gasteiger partial charge is 0 e. The van der Waals surface area contributed by atoms with Crippen LogP contribution in [0.5, 0.6) is 0 Å². The number of rotatable bonds is 0. The average Bonchev–Trinajstić information content (AvgIpc) is 0.722. The van der Waals surface area contributed by atoms with Crippen molar-refractivity contribution in [3.63, 3.8) is 0 Å². The standard InChI is InChI=1S/C5H11.Cr/c1-5(2,3)4;/h1H2,2-4H3;/q-1;. The maximum atomic E-state index is 3.77. The van der Waals surface area contributed by atoms with Crippen LogP contribution in [0.25, 0.3) is 0 Å². The fraction of sp³-hybridized carbons (Fsp3) is 0.800. The summed E-state index contributed by atoms with van der Waals surface area (Å²) in [6.45, 7) is 10.0. The van der Waals surface area contributed by atoms with Gasteiger partial charge in [0.25, 0.3) is 0 Å². The Kier molecular flexibility index (Phi) is 4.32. The van der Waals surface area contributed by atoms with Gasteiger partial charge in [-0.25, -0.2) is 0 Å². The Labute approximate surface area is 51.1 Å². The second-order valence-electron chi connectivity index (χ2n) is 2.56. The van der Waals surface area contributed by atoms with Crippen molar-refractivity contribution in [3.8, 4) is 0 Å². The minimum absolute atomic E-state index is 0. The van der Waals surface area contributed by atoms with Gasteiger partial charge in [-0.15, -0.1) is 0 Å². The molecule has 1 heteroatoms. The summed E-state index contributed by atoms with van der Waals surface area (Å²) in [5.41, 5.74) is 0.250. The molecule has 0 nitrogen and oxygen atoms in total. The summed E-state index contributed by atoms with van der Waals surface area (Å²) < 4.78 is 0. The first-order chi connectivity index (χ1) is 2.00. The predicted molar refractivity (Wildman–Crippen MR) is 24.8 cm³/mol. The quantitative estimate of drug-likeness (QED) is 0.431. The van der Waals surface area contributed by atoms with Crippen LogP contribution in [-0.2, 0) is 17.4 Å². The molecule has 0 unspecified atom stereocenters. The van der Waals surface area contributed by atoms with Crippen LogP contribution < -0.4 is 0 Å². The third-order valence-electron chi connectivity index (χ3n) is 0. The maximum Gasteiger partial charge on any atom is 0 e. The molecule has 0 amide bonds. The molecule has 38 valence electrons. The van der Waals surface area contributed by atoms with Gasteiger partial charge in [-0.2, -0.15) is 5.41 Å². The Morgan fingerprint density at radius 1 is 1.17 bits per heavy atom. The molecule has 0 aromatic carbocycles. The van der Waals surface area contributed by atoms with Crippen molar-refractivity contribution in [2.45, 2.75) is 20.8 Å². The molecule has 6 heavy (non-hydrogen) atoms. The summed E-state index contributed by atoms with van der Waals surface area (Å²) in [6, 6.07) is 0. The van der Waals surface area contributed by atoms with Gasteiger partial charge < -0.3 is 6.92 Å². The van der Waals surface area contributed by atoms with Gasteiger partial charge in [-0.1, -0.05) is 20.8 Å². The van der Waals surface area contributed by atoms with E-state index < -0.39 is 0 Å². The number of hydrogen-bond acceptors (Lipinski definition) is 0. The van der Waals surface area contributed by atoms with E-state index >= 15 is 0 Å². The van der Waals surface area contributed by atoms with Crippen LogP contribution in [-0.4, -0.2) is 0 Å². The van der Waals surface area contributed by atoms with Gasteiger partial charge in [-0.3, -0.25) is 0 Å². The van der Waals surface area contributed by atoms with Crippen molar-refractivity contribution in [3.05, 3.63) is 6.92 Å². The van der Waals surface area contributed by atoms with Crippen molar-refractivity contribution >= 4 is 0 Å². The summed E-state index contributed by atoms with van der Waals surface area (Å²) in [4.78, 5) is 0. The molecular weight excluding hydrogens is 112 g/mol. The molecule has 0 fully saturated rings. The SMILES string of the molecule is [CH2-]C(C)(C)C.[Cr]. The van der Waals surface area contributed by atoms with Crippen LogP contribution in [0.2, 0.25) is 0 Å². The van der Waals surface area contributed by atoms with E-state index in [9.17, 15) is 0 Å². The largest absolute Gasteiger partial charge is 0.338 e. The van der Waals surface area contributed by atoms with Crippen molar-refractivity contribution in [2.75, 3.05) is 0 Å². The molecule has 0 saturated heterocycles. The molecule has 0 spiro atoms. The van der Waals surface area contributed by atoms with Crippen LogP contribution in [0, 0.1) is 12.3 Å². The van der Waals surface area contributed by atoms with Crippen molar-refractivity contribution in [1.29, 1.82) is 0 Å². The van der Waals surface area contributed by atoms with Crippen LogP contribution in [0.3, 0.4) is 0 Å². The maximum absolute atomic E-state index is 3.77. The Morgan fingerprint density at radius 2 is 1.17 bits per heavy atom. The first kappa shape index (κ1) is 9.73. The molecule has 0 aliphatic heterocycles. The summed E-state index contributed by atoms with van der Waals surface area (Å²) in [5, 5.41) is 0. The van der Waals surface area contributed by atoms with Crippen molar-refractivity contribution < 1.29 is 17.4 Å². The van der Waals surface area contributed by atoms with E-state index in [2.05, 4.69) is 27.7 Å². The van der Waals surface area contributed by atoms with E-state index in [-0.39, 0.29) is 22.8 Å². The minimum atomic E-state index is 0. The second kappa shape index (κ2) is 2.66. The molecule has 0 aliphatic rings. The first-order valence-corrected chi connectivity index (χ1v) is 1.85. The van der Waals surface area contributed by atoms with E-state index in [0.29, 0.717) is 0 Å². The Balaban J connectivity index is 0. The summed E-state index contributed by atoms with van der Waals surface area (Å²) in [7, 11) is 0. The second-order valence-corrected chi connectivity index (χ2v) is 2.56. The fourth-order valence-electron chi connectivity index (χ4n) is 0. The molecule has 0 aromatic rings. The molecule has 0 aromatic heterocycles. The van der Waals surface area contributed by atoms with E-state index in [0.717, 1.165) is 0 Å². The van der Waals surface area contributed by atoms with Gasteiger partial charge in [0.1, 0.15) is 0 Å². The Morgan fingerprint density at radius 3 is 1.17 bits per heavy atom. The topological polar surface area (TPSA) is 0 Å². The molecule has 0 radical (unpaired) electrons. The van der Waals surface area contributed by atoms with Gasteiger partial charge in [0, 0.05) is 17.4 Å². The van der Waals surface area contributed by atoms with E-state index in [1.54, 1.807) is 0 Å².